The van der Waals surface area contributed by atoms with Crippen LogP contribution in [0, 0.1) is 0 Å². The second-order valence-electron chi connectivity index (χ2n) is 3.42. The van der Waals surface area contributed by atoms with Crippen molar-refractivity contribution in [3.8, 4) is 0 Å². The van der Waals surface area contributed by atoms with Gasteiger partial charge in [-0.3, -0.25) is 0 Å². The smallest absolute Gasteiger partial charge is 0.293 e. The van der Waals surface area contributed by atoms with Crippen molar-refractivity contribution in [3.63, 3.8) is 0 Å². The van der Waals surface area contributed by atoms with E-state index >= 15 is 0 Å². The van der Waals surface area contributed by atoms with Gasteiger partial charge in [0, 0.05) is 0 Å². The van der Waals surface area contributed by atoms with Gasteiger partial charge in [-0.25, -0.2) is 8.78 Å². The molecule has 0 aromatic carbocycles. The molecular weight excluding hydrogens is 154 g/mol. The Balaban J connectivity index is 3.70. The molecule has 2 nitrogen and oxygen atoms in total. The minimum Gasteiger partial charge on any atom is -0.390 e. The van der Waals surface area contributed by atoms with Crippen molar-refractivity contribution in [2.24, 2.45) is 0 Å². The van der Waals surface area contributed by atoms with Gasteiger partial charge in [-0.05, 0) is 20.8 Å². The summed E-state index contributed by atoms with van der Waals surface area (Å²) in [4.78, 5) is 0. The second-order valence-corrected chi connectivity index (χ2v) is 3.42. The van der Waals surface area contributed by atoms with E-state index in [1.807, 2.05) is 0 Å². The van der Waals surface area contributed by atoms with Crippen LogP contribution in [0.1, 0.15) is 20.8 Å². The number of hydrogen-bond acceptors (Lipinski definition) is 2. The first-order valence-corrected chi connectivity index (χ1v) is 3.39. The standard InChI is InChI=1S/C7H14F2O2/c1-6(2,3)11-5-7(8,9)4-10/h10H,4-5H2,1-3H3. The predicted octanol–water partition coefficient (Wildman–Crippen LogP) is 1.43. The maximum Gasteiger partial charge on any atom is 0.293 e. The molecule has 0 saturated carbocycles. The van der Waals surface area contributed by atoms with Gasteiger partial charge in [0.05, 0.1) is 5.60 Å². The second kappa shape index (κ2) is 3.45. The summed E-state index contributed by atoms with van der Waals surface area (Å²) in [6.45, 7) is 3.15. The van der Waals surface area contributed by atoms with Crippen LogP contribution >= 0.6 is 0 Å². The van der Waals surface area contributed by atoms with Crippen LogP contribution in [0.2, 0.25) is 0 Å². The lowest BCUT2D eigenvalue weighted by atomic mass is 10.2. The lowest BCUT2D eigenvalue weighted by Crippen LogP contribution is -2.33. The molecule has 0 amide bonds. The van der Waals surface area contributed by atoms with Crippen LogP contribution < -0.4 is 0 Å². The quantitative estimate of drug-likeness (QED) is 0.690. The monoisotopic (exact) mass is 168 g/mol. The van der Waals surface area contributed by atoms with Gasteiger partial charge < -0.3 is 9.84 Å². The first-order valence-electron chi connectivity index (χ1n) is 3.39. The maximum atomic E-state index is 12.3. The van der Waals surface area contributed by atoms with Crippen molar-refractivity contribution in [1.82, 2.24) is 0 Å². The molecule has 0 spiro atoms. The van der Waals surface area contributed by atoms with Crippen LogP contribution in [0.3, 0.4) is 0 Å². The Morgan fingerprint density at radius 2 is 1.73 bits per heavy atom. The van der Waals surface area contributed by atoms with Gasteiger partial charge in [-0.15, -0.1) is 0 Å². The maximum absolute atomic E-state index is 12.3. The number of aliphatic hydroxyl groups is 1. The average molecular weight is 168 g/mol. The summed E-state index contributed by atoms with van der Waals surface area (Å²) in [6.07, 6.45) is 0. The number of hydrogen-bond donors (Lipinski definition) is 1. The van der Waals surface area contributed by atoms with Gasteiger partial charge in [0.15, 0.2) is 0 Å². The van der Waals surface area contributed by atoms with Crippen LogP contribution in [0.5, 0.6) is 0 Å². The van der Waals surface area contributed by atoms with E-state index in [2.05, 4.69) is 0 Å². The topological polar surface area (TPSA) is 29.5 Å². The molecule has 0 bridgehead atoms. The van der Waals surface area contributed by atoms with Gasteiger partial charge in [-0.2, -0.15) is 0 Å². The summed E-state index contributed by atoms with van der Waals surface area (Å²) in [7, 11) is 0. The molecule has 11 heavy (non-hydrogen) atoms. The largest absolute Gasteiger partial charge is 0.390 e. The molecule has 0 aliphatic carbocycles. The van der Waals surface area contributed by atoms with E-state index in [9.17, 15) is 8.78 Å². The van der Waals surface area contributed by atoms with Crippen molar-refractivity contribution in [3.05, 3.63) is 0 Å². The van der Waals surface area contributed by atoms with Gasteiger partial charge >= 0.3 is 0 Å². The third-order valence-electron chi connectivity index (χ3n) is 0.948. The van der Waals surface area contributed by atoms with Gasteiger partial charge in [0.25, 0.3) is 5.92 Å². The van der Waals surface area contributed by atoms with Crippen LogP contribution in [-0.2, 0) is 4.74 Å². The first kappa shape index (κ1) is 10.8. The molecule has 0 aromatic heterocycles. The summed E-state index contributed by atoms with van der Waals surface area (Å²) in [5.41, 5.74) is -0.585. The summed E-state index contributed by atoms with van der Waals surface area (Å²) < 4.78 is 29.4. The molecule has 0 aliphatic heterocycles. The van der Waals surface area contributed by atoms with E-state index in [0.29, 0.717) is 0 Å². The fourth-order valence-electron chi connectivity index (χ4n) is 0.368. The molecule has 0 aliphatic rings. The molecule has 0 heterocycles. The molecule has 0 unspecified atom stereocenters. The number of aliphatic hydroxyl groups excluding tert-OH is 1. The van der Waals surface area contributed by atoms with Gasteiger partial charge in [0.1, 0.15) is 13.2 Å². The van der Waals surface area contributed by atoms with E-state index in [4.69, 9.17) is 9.84 Å². The number of ether oxygens (including phenoxy) is 1. The highest BCUT2D eigenvalue weighted by molar-refractivity contribution is 4.66. The SMILES string of the molecule is CC(C)(C)OCC(F)(F)CO. The molecule has 0 fully saturated rings. The Hall–Kier alpha value is -0.220. The fourth-order valence-corrected chi connectivity index (χ4v) is 0.368. The lowest BCUT2D eigenvalue weighted by molar-refractivity contribution is -0.141. The average Bonchev–Trinajstić information content (AvgIpc) is 1.83. The molecule has 68 valence electrons. The number of rotatable bonds is 3. The van der Waals surface area contributed by atoms with Crippen molar-refractivity contribution < 1.29 is 18.6 Å². The lowest BCUT2D eigenvalue weighted by Gasteiger charge is -2.22. The van der Waals surface area contributed by atoms with Crippen molar-refractivity contribution in [1.29, 1.82) is 0 Å². The summed E-state index contributed by atoms with van der Waals surface area (Å²) in [5.74, 6) is -3.12. The number of alkyl halides is 2. The highest BCUT2D eigenvalue weighted by atomic mass is 19.3. The molecular formula is C7H14F2O2. The minimum atomic E-state index is -3.12. The van der Waals surface area contributed by atoms with Crippen molar-refractivity contribution in [2.75, 3.05) is 13.2 Å². The molecule has 0 saturated heterocycles. The Morgan fingerprint density at radius 1 is 1.27 bits per heavy atom. The third kappa shape index (κ3) is 6.19. The summed E-state index contributed by atoms with van der Waals surface area (Å²) in [5, 5.41) is 8.16. The molecule has 0 radical (unpaired) electrons. The summed E-state index contributed by atoms with van der Waals surface area (Å²) >= 11 is 0. The van der Waals surface area contributed by atoms with Gasteiger partial charge in [-0.1, -0.05) is 0 Å². The van der Waals surface area contributed by atoms with Crippen molar-refractivity contribution >= 4 is 0 Å². The molecule has 4 heteroatoms. The van der Waals surface area contributed by atoms with Gasteiger partial charge in [0.2, 0.25) is 0 Å². The zero-order valence-electron chi connectivity index (χ0n) is 7.03. The zero-order valence-corrected chi connectivity index (χ0v) is 7.03. The molecule has 1 N–H and O–H groups in total. The predicted molar refractivity (Wildman–Crippen MR) is 37.7 cm³/mol. The molecule has 0 atom stereocenters. The number of halogens is 2. The Morgan fingerprint density at radius 3 is 2.00 bits per heavy atom. The fraction of sp³-hybridized carbons (Fsp3) is 1.00. The van der Waals surface area contributed by atoms with Crippen LogP contribution in [0.25, 0.3) is 0 Å². The van der Waals surface area contributed by atoms with E-state index in [1.165, 1.54) is 0 Å². The highest BCUT2D eigenvalue weighted by Gasteiger charge is 2.30. The van der Waals surface area contributed by atoms with E-state index in [1.54, 1.807) is 20.8 Å². The van der Waals surface area contributed by atoms with Crippen molar-refractivity contribution in [2.45, 2.75) is 32.3 Å². The van der Waals surface area contributed by atoms with Crippen LogP contribution in [0.4, 0.5) is 8.78 Å². The zero-order chi connectivity index (χ0) is 9.12. The minimum absolute atomic E-state index is 0.585. The van der Waals surface area contributed by atoms with E-state index < -0.39 is 24.7 Å². The first-order chi connectivity index (χ1) is 4.77. The Kier molecular flexibility index (Phi) is 3.38. The van der Waals surface area contributed by atoms with E-state index in [0.717, 1.165) is 0 Å². The highest BCUT2D eigenvalue weighted by Crippen LogP contribution is 2.16. The summed E-state index contributed by atoms with van der Waals surface area (Å²) in [6, 6.07) is 0. The molecule has 0 rings (SSSR count). The van der Waals surface area contributed by atoms with E-state index in [-0.39, 0.29) is 0 Å². The van der Waals surface area contributed by atoms with Crippen LogP contribution in [-0.4, -0.2) is 29.8 Å². The normalized spacial score (nSPS) is 13.6. The Bertz CT molecular complexity index is 118. The third-order valence-corrected chi connectivity index (χ3v) is 0.948. The van der Waals surface area contributed by atoms with Crippen LogP contribution in [0.15, 0.2) is 0 Å². The molecule has 0 aromatic rings. The Labute approximate surface area is 65.2 Å².